The number of anilines is 1. The second-order valence-corrected chi connectivity index (χ2v) is 10.0. The Labute approximate surface area is 165 Å². The molecule has 0 saturated carbocycles. The fraction of sp³-hybridized carbons (Fsp3) is 0.471. The number of amides is 1. The highest BCUT2D eigenvalue weighted by Crippen LogP contribution is 2.43. The van der Waals surface area contributed by atoms with E-state index in [4.69, 9.17) is 14.6 Å². The first-order chi connectivity index (χ1) is 13.3. The van der Waals surface area contributed by atoms with Gasteiger partial charge in [-0.1, -0.05) is 11.8 Å². The van der Waals surface area contributed by atoms with Crippen molar-refractivity contribution >= 4 is 44.3 Å². The molecular weight excluding hydrogens is 408 g/mol. The van der Waals surface area contributed by atoms with Gasteiger partial charge in [-0.25, -0.2) is 8.42 Å². The van der Waals surface area contributed by atoms with Gasteiger partial charge in [0.25, 0.3) is 0 Å². The number of carbonyl (C=O) groups is 2. The SMILES string of the molecule is O=C(O)CCC(=O)N=C1S[C@@H]2CS(=O)(=O)C[C@H]2N1c1ccc2c(c1)OCCO2. The molecule has 0 radical (unpaired) electrons. The topological polar surface area (TPSA) is 123 Å². The largest absolute Gasteiger partial charge is 0.486 e. The summed E-state index contributed by atoms with van der Waals surface area (Å²) in [5.41, 5.74) is 0.658. The zero-order valence-corrected chi connectivity index (χ0v) is 16.4. The summed E-state index contributed by atoms with van der Waals surface area (Å²) in [4.78, 5) is 28.6. The number of benzene rings is 1. The maximum Gasteiger partial charge on any atom is 0.303 e. The molecule has 1 N–H and O–H groups in total. The van der Waals surface area contributed by atoms with Gasteiger partial charge < -0.3 is 19.5 Å². The van der Waals surface area contributed by atoms with Gasteiger partial charge in [0.05, 0.1) is 24.0 Å². The van der Waals surface area contributed by atoms with E-state index in [9.17, 15) is 18.0 Å². The summed E-state index contributed by atoms with van der Waals surface area (Å²) in [5, 5.41) is 8.90. The first-order valence-electron chi connectivity index (χ1n) is 8.72. The number of aliphatic imine (C=N–C) groups is 1. The van der Waals surface area contributed by atoms with Crippen LogP contribution in [0.1, 0.15) is 12.8 Å². The Morgan fingerprint density at radius 3 is 2.68 bits per heavy atom. The molecule has 0 spiro atoms. The minimum absolute atomic E-state index is 0.0196. The number of aliphatic carboxylic acids is 1. The second-order valence-electron chi connectivity index (χ2n) is 6.68. The predicted octanol–water partition coefficient (Wildman–Crippen LogP) is 0.924. The van der Waals surface area contributed by atoms with Gasteiger partial charge in [-0.05, 0) is 12.1 Å². The van der Waals surface area contributed by atoms with Crippen LogP contribution in [0.2, 0.25) is 0 Å². The molecule has 0 aromatic heterocycles. The number of hydrogen-bond acceptors (Lipinski definition) is 7. The van der Waals surface area contributed by atoms with Crippen molar-refractivity contribution < 1.29 is 32.6 Å². The third-order valence-corrected chi connectivity index (χ3v) is 7.85. The molecule has 2 atom stereocenters. The zero-order chi connectivity index (χ0) is 19.9. The van der Waals surface area contributed by atoms with Crippen LogP contribution in [0.25, 0.3) is 0 Å². The summed E-state index contributed by atoms with van der Waals surface area (Å²) in [5.74, 6) is -0.467. The zero-order valence-electron chi connectivity index (χ0n) is 14.7. The van der Waals surface area contributed by atoms with Crippen molar-refractivity contribution in [2.24, 2.45) is 4.99 Å². The number of ether oxygens (including phenoxy) is 2. The molecule has 3 heterocycles. The molecule has 3 aliphatic heterocycles. The third-order valence-electron chi connectivity index (χ3n) is 4.64. The fourth-order valence-corrected chi connectivity index (χ4v) is 7.36. The number of hydrogen-bond donors (Lipinski definition) is 1. The van der Waals surface area contributed by atoms with Crippen molar-refractivity contribution in [1.82, 2.24) is 0 Å². The van der Waals surface area contributed by atoms with E-state index in [1.165, 1.54) is 11.8 Å². The Bertz CT molecular complexity index is 960. The van der Waals surface area contributed by atoms with Crippen LogP contribution in [-0.4, -0.2) is 66.6 Å². The first-order valence-corrected chi connectivity index (χ1v) is 11.4. The van der Waals surface area contributed by atoms with E-state index in [0.717, 1.165) is 0 Å². The molecule has 150 valence electrons. The number of fused-ring (bicyclic) bond motifs is 2. The average molecular weight is 426 g/mol. The Morgan fingerprint density at radius 1 is 1.18 bits per heavy atom. The number of rotatable bonds is 4. The van der Waals surface area contributed by atoms with Crippen molar-refractivity contribution in [2.75, 3.05) is 29.6 Å². The molecule has 0 aliphatic carbocycles. The van der Waals surface area contributed by atoms with Gasteiger partial charge in [0.2, 0.25) is 5.91 Å². The highest BCUT2D eigenvalue weighted by atomic mass is 32.2. The molecule has 9 nitrogen and oxygen atoms in total. The number of carbonyl (C=O) groups excluding carboxylic acids is 1. The Morgan fingerprint density at radius 2 is 1.93 bits per heavy atom. The van der Waals surface area contributed by atoms with E-state index in [2.05, 4.69) is 4.99 Å². The first kappa shape index (κ1) is 19.1. The van der Waals surface area contributed by atoms with E-state index in [1.54, 1.807) is 23.1 Å². The summed E-state index contributed by atoms with van der Waals surface area (Å²) in [6.07, 6.45) is -0.506. The number of carboxylic acid groups (broad SMARTS) is 1. The summed E-state index contributed by atoms with van der Waals surface area (Å²) < 4.78 is 35.3. The van der Waals surface area contributed by atoms with Crippen LogP contribution in [0.3, 0.4) is 0 Å². The summed E-state index contributed by atoms with van der Waals surface area (Å²) in [6.45, 7) is 0.875. The molecule has 1 aromatic rings. The van der Waals surface area contributed by atoms with E-state index < -0.39 is 21.7 Å². The van der Waals surface area contributed by atoms with Crippen LogP contribution >= 0.6 is 11.8 Å². The van der Waals surface area contributed by atoms with Gasteiger partial charge in [-0.15, -0.1) is 0 Å². The molecule has 28 heavy (non-hydrogen) atoms. The van der Waals surface area contributed by atoms with E-state index in [1.807, 2.05) is 0 Å². The second kappa shape index (κ2) is 7.28. The minimum atomic E-state index is -3.17. The molecule has 0 unspecified atom stereocenters. The van der Waals surface area contributed by atoms with Crippen molar-refractivity contribution in [3.8, 4) is 11.5 Å². The Balaban J connectivity index is 1.67. The standard InChI is InChI=1S/C17H18N2O7S2/c20-15(3-4-16(21)22)18-17-19(11-8-28(23,24)9-14(11)27-17)10-1-2-12-13(7-10)26-6-5-25-12/h1-2,7,11,14H,3-6,8-9H2,(H,21,22)/t11-,14-/m1/s1. The highest BCUT2D eigenvalue weighted by molar-refractivity contribution is 8.16. The fourth-order valence-electron chi connectivity index (χ4n) is 3.42. The smallest absolute Gasteiger partial charge is 0.303 e. The minimum Gasteiger partial charge on any atom is -0.486 e. The van der Waals surface area contributed by atoms with Crippen molar-refractivity contribution in [2.45, 2.75) is 24.1 Å². The van der Waals surface area contributed by atoms with Gasteiger partial charge in [0.1, 0.15) is 13.2 Å². The van der Waals surface area contributed by atoms with Crippen LogP contribution in [0, 0.1) is 0 Å². The van der Waals surface area contributed by atoms with Crippen LogP contribution < -0.4 is 14.4 Å². The molecule has 2 fully saturated rings. The highest BCUT2D eigenvalue weighted by Gasteiger charge is 2.49. The van der Waals surface area contributed by atoms with Crippen LogP contribution in [0.5, 0.6) is 11.5 Å². The molecule has 4 rings (SSSR count). The summed E-state index contributed by atoms with van der Waals surface area (Å²) in [7, 11) is -3.17. The van der Waals surface area contributed by atoms with Gasteiger partial charge >= 0.3 is 5.97 Å². The Hall–Kier alpha value is -2.27. The Kier molecular flexibility index (Phi) is 4.96. The van der Waals surface area contributed by atoms with Gasteiger partial charge in [0, 0.05) is 23.4 Å². The summed E-state index contributed by atoms with van der Waals surface area (Å²) >= 11 is 1.24. The molecule has 1 amide bonds. The molecular formula is C17H18N2O7S2. The quantitative estimate of drug-likeness (QED) is 0.749. The maximum absolute atomic E-state index is 12.1. The van der Waals surface area contributed by atoms with Crippen molar-refractivity contribution in [1.29, 1.82) is 0 Å². The lowest BCUT2D eigenvalue weighted by Gasteiger charge is -2.26. The molecule has 1 aromatic carbocycles. The predicted molar refractivity (Wildman–Crippen MR) is 103 cm³/mol. The number of amidine groups is 1. The monoisotopic (exact) mass is 426 g/mol. The average Bonchev–Trinajstić information content (AvgIpc) is 3.10. The normalized spacial score (nSPS) is 26.3. The summed E-state index contributed by atoms with van der Waals surface area (Å²) in [6, 6.07) is 4.93. The van der Waals surface area contributed by atoms with Gasteiger partial charge in [-0.2, -0.15) is 4.99 Å². The van der Waals surface area contributed by atoms with Crippen LogP contribution in [0.4, 0.5) is 5.69 Å². The van der Waals surface area contributed by atoms with Crippen LogP contribution in [-0.2, 0) is 19.4 Å². The molecule has 3 aliphatic rings. The maximum atomic E-state index is 12.1. The van der Waals surface area contributed by atoms with E-state index in [0.29, 0.717) is 35.6 Å². The third kappa shape index (κ3) is 3.81. The van der Waals surface area contributed by atoms with Gasteiger partial charge in [0.15, 0.2) is 26.5 Å². The molecule has 11 heteroatoms. The number of nitrogens with zero attached hydrogens (tertiary/aromatic N) is 2. The van der Waals surface area contributed by atoms with E-state index in [-0.39, 0.29) is 35.6 Å². The number of sulfone groups is 1. The lowest BCUT2D eigenvalue weighted by molar-refractivity contribution is -0.138. The molecule has 0 bridgehead atoms. The van der Waals surface area contributed by atoms with Crippen molar-refractivity contribution in [3.05, 3.63) is 18.2 Å². The lowest BCUT2D eigenvalue weighted by atomic mass is 10.2. The number of thioether (sulfide) groups is 1. The van der Waals surface area contributed by atoms with E-state index >= 15 is 0 Å². The lowest BCUT2D eigenvalue weighted by Crippen LogP contribution is -2.37. The van der Waals surface area contributed by atoms with Crippen LogP contribution in [0.15, 0.2) is 23.2 Å². The van der Waals surface area contributed by atoms with Crippen molar-refractivity contribution in [3.63, 3.8) is 0 Å². The van der Waals surface area contributed by atoms with Gasteiger partial charge in [-0.3, -0.25) is 9.59 Å². The molecule has 2 saturated heterocycles. The number of carboxylic acids is 1.